The molecule has 0 aliphatic rings. The van der Waals surface area contributed by atoms with Crippen LogP contribution < -0.4 is 0 Å². The Balaban J connectivity index is -0.0000000480. The summed E-state index contributed by atoms with van der Waals surface area (Å²) >= 11 is 0.300. The predicted molar refractivity (Wildman–Crippen MR) is 27.0 cm³/mol. The molecule has 0 aliphatic carbocycles. The zero-order valence-corrected chi connectivity index (χ0v) is 5.57. The van der Waals surface area contributed by atoms with Gasteiger partial charge in [0.25, 0.3) is 0 Å². The molecule has 0 amide bonds. The number of carbonyl (C=O) groups is 1. The van der Waals surface area contributed by atoms with Crippen LogP contribution in [0.2, 0.25) is 0 Å². The van der Waals surface area contributed by atoms with Crippen LogP contribution in [-0.4, -0.2) is 77.1 Å². The quantitative estimate of drug-likeness (QED) is 0.510. The van der Waals surface area contributed by atoms with Crippen LogP contribution in [0.3, 0.4) is 0 Å². The zero-order valence-electron chi connectivity index (χ0n) is 2.71. The van der Waals surface area contributed by atoms with Gasteiger partial charge in [-0.3, -0.25) is 0 Å². The van der Waals surface area contributed by atoms with Crippen molar-refractivity contribution in [3.63, 3.8) is 0 Å². The fraction of sp³-hybridized carbons (Fsp3) is 0. The maximum atomic E-state index is 8.56. The first-order valence-electron chi connectivity index (χ1n) is 0.855. The van der Waals surface area contributed by atoms with E-state index in [1.807, 2.05) is 0 Å². The van der Waals surface area contributed by atoms with E-state index in [0.717, 1.165) is 0 Å². The molecule has 0 atom stereocenters. The van der Waals surface area contributed by atoms with Crippen molar-refractivity contribution in [2.75, 3.05) is 0 Å². The fourth-order valence-electron chi connectivity index (χ4n) is 0. The molecule has 4 nitrogen and oxygen atoms in total. The van der Waals surface area contributed by atoms with Crippen LogP contribution in [0, 0.1) is 0 Å². The summed E-state index contributed by atoms with van der Waals surface area (Å²) in [7, 11) is 0. The third-order valence-corrected chi connectivity index (χ3v) is 0. The van der Waals surface area contributed by atoms with Crippen LogP contribution in [0.15, 0.2) is 0 Å². The predicted octanol–water partition coefficient (Wildman–Crippen LogP) is -1.46. The standard InChI is InChI=1S/CH2O3.Ca.O.Sb.3H/c2-1(3)4;;;;;;/h(H2,2,3,4);;;;;;. The second-order valence-electron chi connectivity index (χ2n) is 0.283. The summed E-state index contributed by atoms with van der Waals surface area (Å²) in [6.45, 7) is 0. The van der Waals surface area contributed by atoms with E-state index in [9.17, 15) is 0 Å². The molecule has 0 saturated carbocycles. The number of rotatable bonds is 0. The van der Waals surface area contributed by atoms with E-state index in [1.54, 1.807) is 0 Å². The van der Waals surface area contributed by atoms with Gasteiger partial charge in [-0.1, -0.05) is 0 Å². The second kappa shape index (κ2) is 15.7. The van der Waals surface area contributed by atoms with Gasteiger partial charge in [0.05, 0.1) is 0 Å². The summed E-state index contributed by atoms with van der Waals surface area (Å²) in [6, 6.07) is 0. The van der Waals surface area contributed by atoms with Crippen molar-refractivity contribution in [3.8, 4) is 0 Å². The maximum absolute atomic E-state index is 8.56. The molecule has 0 aromatic carbocycles. The topological polar surface area (TPSA) is 74.6 Å². The Hall–Kier alpha value is 1.15. The number of hydrogen-bond donors (Lipinski definition) is 2. The third-order valence-electron chi connectivity index (χ3n) is 0. The van der Waals surface area contributed by atoms with Crippen molar-refractivity contribution in [1.29, 1.82) is 0 Å². The Labute approximate surface area is 83.8 Å². The summed E-state index contributed by atoms with van der Waals surface area (Å²) in [5.74, 6) is 0. The van der Waals surface area contributed by atoms with Crippen LogP contribution in [0.5, 0.6) is 0 Å². The number of hydrogen-bond acceptors (Lipinski definition) is 2. The monoisotopic (exact) mass is 242 g/mol. The molecule has 0 spiro atoms. The molecule has 0 radical (unpaired) electrons. The summed E-state index contributed by atoms with van der Waals surface area (Å²) in [4.78, 5) is 8.56. The summed E-state index contributed by atoms with van der Waals surface area (Å²) in [5, 5.41) is 13.9. The summed E-state index contributed by atoms with van der Waals surface area (Å²) < 4.78 is 8.34. The van der Waals surface area contributed by atoms with E-state index >= 15 is 0 Å². The minimum atomic E-state index is -1.83. The first-order chi connectivity index (χ1) is 2.73. The molecular formula is CH5CaO4Sb. The van der Waals surface area contributed by atoms with Gasteiger partial charge in [-0.2, -0.15) is 0 Å². The van der Waals surface area contributed by atoms with E-state index < -0.39 is 6.16 Å². The van der Waals surface area contributed by atoms with Gasteiger partial charge in [0.15, 0.2) is 0 Å². The molecule has 2 N–H and O–H groups in total. The molecule has 0 fully saturated rings. The molecule has 40 valence electrons. The van der Waals surface area contributed by atoms with Gasteiger partial charge in [0, 0.05) is 0 Å². The van der Waals surface area contributed by atoms with E-state index in [4.69, 9.17) is 18.0 Å². The van der Waals surface area contributed by atoms with Gasteiger partial charge < -0.3 is 10.2 Å². The molecule has 0 aromatic rings. The Morgan fingerprint density at radius 3 is 1.29 bits per heavy atom. The Bertz CT molecular complexity index is 43.0. The van der Waals surface area contributed by atoms with Gasteiger partial charge in [-0.25, -0.2) is 4.79 Å². The van der Waals surface area contributed by atoms with Crippen LogP contribution in [0.1, 0.15) is 0 Å². The van der Waals surface area contributed by atoms with Gasteiger partial charge in [0.1, 0.15) is 0 Å². The summed E-state index contributed by atoms with van der Waals surface area (Å²) in [6.07, 6.45) is -1.83. The van der Waals surface area contributed by atoms with Crippen molar-refractivity contribution in [2.45, 2.75) is 0 Å². The molecule has 0 aromatic heterocycles. The molecule has 0 saturated heterocycles. The first kappa shape index (κ1) is 15.7. The Morgan fingerprint density at radius 1 is 1.29 bits per heavy atom. The van der Waals surface area contributed by atoms with Gasteiger partial charge >= 0.3 is 69.9 Å². The van der Waals surface area contributed by atoms with Gasteiger partial charge in [0.2, 0.25) is 0 Å². The Morgan fingerprint density at radius 2 is 1.29 bits per heavy atom. The third kappa shape index (κ3) is 144. The zero-order chi connectivity index (χ0) is 5.58. The van der Waals surface area contributed by atoms with Crippen LogP contribution in [0.25, 0.3) is 0 Å². The van der Waals surface area contributed by atoms with Crippen molar-refractivity contribution in [3.05, 3.63) is 0 Å². The average molecular weight is 243 g/mol. The Kier molecular flexibility index (Phi) is 35.2. The molecule has 0 rings (SSSR count). The van der Waals surface area contributed by atoms with Gasteiger partial charge in [-0.05, 0) is 0 Å². The molecule has 0 heterocycles. The molecule has 6 heteroatoms. The van der Waals surface area contributed by atoms with Crippen LogP contribution >= 0.6 is 0 Å². The van der Waals surface area contributed by atoms with Crippen molar-refractivity contribution in [1.82, 2.24) is 0 Å². The fourth-order valence-corrected chi connectivity index (χ4v) is 0. The van der Waals surface area contributed by atoms with E-state index in [0.29, 0.717) is 23.0 Å². The average Bonchev–Trinajstić information content (AvgIpc) is 1.41. The van der Waals surface area contributed by atoms with Crippen LogP contribution in [-0.2, 0) is 3.02 Å². The molecule has 0 bridgehead atoms. The second-order valence-corrected chi connectivity index (χ2v) is 0.283. The minimum absolute atomic E-state index is 0. The van der Waals surface area contributed by atoms with E-state index in [-0.39, 0.29) is 37.7 Å². The molecule has 0 aliphatic heterocycles. The summed E-state index contributed by atoms with van der Waals surface area (Å²) in [5.41, 5.74) is 0. The van der Waals surface area contributed by atoms with E-state index in [1.165, 1.54) is 0 Å². The molecule has 0 unspecified atom stereocenters. The van der Waals surface area contributed by atoms with Crippen molar-refractivity contribution < 1.29 is 18.0 Å². The molecular weight excluding hydrogens is 238 g/mol. The SMILES string of the molecule is O=C(O)O.[CaH2].[O]=[SbH]. The molecule has 7 heavy (non-hydrogen) atoms. The van der Waals surface area contributed by atoms with Gasteiger partial charge in [-0.15, -0.1) is 0 Å². The number of carboxylic acid groups (broad SMARTS) is 2. The van der Waals surface area contributed by atoms with Crippen molar-refractivity contribution >= 4 is 66.9 Å². The van der Waals surface area contributed by atoms with Crippen LogP contribution in [0.4, 0.5) is 4.79 Å². The van der Waals surface area contributed by atoms with Crippen molar-refractivity contribution in [2.24, 2.45) is 0 Å². The normalized spacial score (nSPS) is 4.00. The first-order valence-corrected chi connectivity index (χ1v) is 2.02. The van der Waals surface area contributed by atoms with E-state index in [2.05, 4.69) is 0 Å².